The number of hydrogen-bond acceptors (Lipinski definition) is 8. The van der Waals surface area contributed by atoms with Gasteiger partial charge < -0.3 is 34.2 Å². The molecule has 1 aliphatic heterocycles. The Morgan fingerprint density at radius 1 is 1.26 bits per heavy atom. The van der Waals surface area contributed by atoms with Gasteiger partial charge >= 0.3 is 11.7 Å². The van der Waals surface area contributed by atoms with Crippen LogP contribution in [0.3, 0.4) is 0 Å². The van der Waals surface area contributed by atoms with Gasteiger partial charge in [0.25, 0.3) is 0 Å². The molecule has 3 N–H and O–H groups in total. The molecule has 2 heterocycles. The molecule has 1 fully saturated rings. The normalized spacial score (nSPS) is 27.3. The van der Waals surface area contributed by atoms with Crippen molar-refractivity contribution >= 4 is 17.1 Å². The highest BCUT2D eigenvalue weighted by Gasteiger charge is 2.53. The molecule has 3 rings (SSSR count). The number of amides is 1. The molecule has 1 saturated heterocycles. The van der Waals surface area contributed by atoms with Crippen molar-refractivity contribution in [2.24, 2.45) is 5.73 Å². The Balaban J connectivity index is 1.96. The largest absolute Gasteiger partial charge is 0.458 e. The van der Waals surface area contributed by atoms with Crippen LogP contribution in [0.4, 0.5) is 4.79 Å². The zero-order valence-electron chi connectivity index (χ0n) is 15.1. The van der Waals surface area contributed by atoms with E-state index in [1.165, 1.54) is 13.2 Å². The van der Waals surface area contributed by atoms with Crippen LogP contribution in [0.2, 0.25) is 0 Å². The van der Waals surface area contributed by atoms with Crippen LogP contribution in [-0.4, -0.2) is 48.5 Å². The van der Waals surface area contributed by atoms with Gasteiger partial charge in [-0.3, -0.25) is 0 Å². The molecule has 0 bridgehead atoms. The van der Waals surface area contributed by atoms with Crippen molar-refractivity contribution in [2.75, 3.05) is 7.11 Å². The monoisotopic (exact) mass is 379 g/mol. The number of fused-ring (bicyclic) bond motifs is 1. The predicted octanol–water partition coefficient (Wildman–Crippen LogP) is 1.15. The fourth-order valence-corrected chi connectivity index (χ4v) is 3.23. The van der Waals surface area contributed by atoms with E-state index in [0.717, 1.165) is 0 Å². The fourth-order valence-electron chi connectivity index (χ4n) is 3.23. The first-order valence-electron chi connectivity index (χ1n) is 8.27. The molecular weight excluding hydrogens is 358 g/mol. The van der Waals surface area contributed by atoms with Crippen molar-refractivity contribution in [3.05, 3.63) is 40.8 Å². The molecule has 1 amide bonds. The van der Waals surface area contributed by atoms with Crippen LogP contribution in [0.15, 0.2) is 39.5 Å². The van der Waals surface area contributed by atoms with E-state index >= 15 is 0 Å². The molecule has 2 aromatic rings. The SMILES string of the molecule is COC1[C@H](OC(N)=O)[C@H](O)C(Oc2cccc3ccc(=O)oc23)OC1(C)C. The van der Waals surface area contributed by atoms with Crippen molar-refractivity contribution in [1.82, 2.24) is 0 Å². The molecule has 0 radical (unpaired) electrons. The lowest BCUT2D eigenvalue weighted by Crippen LogP contribution is -2.65. The van der Waals surface area contributed by atoms with Crippen LogP contribution in [0.1, 0.15) is 13.8 Å². The molecule has 146 valence electrons. The van der Waals surface area contributed by atoms with E-state index in [-0.39, 0.29) is 11.3 Å². The van der Waals surface area contributed by atoms with Gasteiger partial charge in [0.2, 0.25) is 6.29 Å². The van der Waals surface area contributed by atoms with Crippen molar-refractivity contribution in [1.29, 1.82) is 0 Å². The second kappa shape index (κ2) is 7.18. The van der Waals surface area contributed by atoms with Gasteiger partial charge in [-0.25, -0.2) is 9.59 Å². The van der Waals surface area contributed by atoms with Crippen LogP contribution in [0, 0.1) is 0 Å². The van der Waals surface area contributed by atoms with E-state index in [2.05, 4.69) is 0 Å². The number of para-hydroxylation sites is 1. The molecule has 0 spiro atoms. The Labute approximate surface area is 154 Å². The summed E-state index contributed by atoms with van der Waals surface area (Å²) in [5.41, 5.74) is 3.80. The van der Waals surface area contributed by atoms with Crippen molar-refractivity contribution < 1.29 is 33.3 Å². The lowest BCUT2D eigenvalue weighted by atomic mass is 9.89. The van der Waals surface area contributed by atoms with Crippen LogP contribution < -0.4 is 16.1 Å². The summed E-state index contributed by atoms with van der Waals surface area (Å²) in [7, 11) is 1.40. The molecule has 1 aromatic carbocycles. The summed E-state index contributed by atoms with van der Waals surface area (Å²) in [4.78, 5) is 22.8. The first-order valence-corrected chi connectivity index (χ1v) is 8.27. The number of primary amides is 1. The molecule has 1 aromatic heterocycles. The molecule has 2 unspecified atom stereocenters. The standard InChI is InChI=1S/C18H21NO8/c1-18(2)15(23-3)14(26-17(19)22)12(21)16(27-18)24-10-6-4-5-9-7-8-11(20)25-13(9)10/h4-8,12,14-16,21H,1-3H3,(H2,19,22)/t12-,14+,15?,16?/m0/s1. The number of nitrogens with two attached hydrogens (primary N) is 1. The maximum atomic E-state index is 11.6. The van der Waals surface area contributed by atoms with Crippen LogP contribution in [-0.2, 0) is 14.2 Å². The van der Waals surface area contributed by atoms with Crippen molar-refractivity contribution in [3.8, 4) is 5.75 Å². The summed E-state index contributed by atoms with van der Waals surface area (Å²) in [6, 6.07) is 7.90. The summed E-state index contributed by atoms with van der Waals surface area (Å²) in [5.74, 6) is 0.193. The van der Waals surface area contributed by atoms with Gasteiger partial charge in [-0.15, -0.1) is 0 Å². The first-order chi connectivity index (χ1) is 12.7. The summed E-state index contributed by atoms with van der Waals surface area (Å²) in [6.07, 6.45) is -5.60. The smallest absolute Gasteiger partial charge is 0.404 e. The molecule has 1 aliphatic rings. The van der Waals surface area contributed by atoms with Crippen LogP contribution >= 0.6 is 0 Å². The maximum Gasteiger partial charge on any atom is 0.404 e. The topological polar surface area (TPSA) is 130 Å². The highest BCUT2D eigenvalue weighted by atomic mass is 16.7. The average Bonchev–Trinajstić information content (AvgIpc) is 2.59. The van der Waals surface area contributed by atoms with Gasteiger partial charge in [0.1, 0.15) is 6.10 Å². The third-order valence-electron chi connectivity index (χ3n) is 4.38. The molecule has 9 nitrogen and oxygen atoms in total. The minimum Gasteiger partial charge on any atom is -0.458 e. The number of carbonyl (C=O) groups is 1. The molecule has 27 heavy (non-hydrogen) atoms. The van der Waals surface area contributed by atoms with Gasteiger partial charge in [0.05, 0.1) is 5.60 Å². The third-order valence-corrected chi connectivity index (χ3v) is 4.38. The highest BCUT2D eigenvalue weighted by Crippen LogP contribution is 2.35. The molecule has 4 atom stereocenters. The van der Waals surface area contributed by atoms with Gasteiger partial charge in [-0.05, 0) is 26.0 Å². The number of aliphatic hydroxyl groups excluding tert-OH is 1. The third kappa shape index (κ3) is 3.75. The molecule has 0 saturated carbocycles. The number of ether oxygens (including phenoxy) is 4. The average molecular weight is 379 g/mol. The van der Waals surface area contributed by atoms with Crippen LogP contribution in [0.5, 0.6) is 5.75 Å². The van der Waals surface area contributed by atoms with E-state index in [9.17, 15) is 14.7 Å². The Morgan fingerprint density at radius 3 is 2.67 bits per heavy atom. The zero-order valence-corrected chi connectivity index (χ0v) is 15.1. The van der Waals surface area contributed by atoms with Gasteiger partial charge in [-0.1, -0.05) is 12.1 Å². The number of rotatable bonds is 4. The van der Waals surface area contributed by atoms with Gasteiger partial charge in [-0.2, -0.15) is 0 Å². The van der Waals surface area contributed by atoms with Gasteiger partial charge in [0.15, 0.2) is 23.5 Å². The number of methoxy groups -OCH3 is 1. The number of carbonyl (C=O) groups excluding carboxylic acids is 1. The van der Waals surface area contributed by atoms with E-state index in [1.54, 1.807) is 38.1 Å². The van der Waals surface area contributed by atoms with Gasteiger partial charge in [0, 0.05) is 18.6 Å². The number of aliphatic hydroxyl groups is 1. The van der Waals surface area contributed by atoms with E-state index in [1.807, 2.05) is 0 Å². The summed E-state index contributed by atoms with van der Waals surface area (Å²) in [6.45, 7) is 3.40. The lowest BCUT2D eigenvalue weighted by Gasteiger charge is -2.47. The molecule has 0 aliphatic carbocycles. The second-order valence-electron chi connectivity index (χ2n) is 6.68. The quantitative estimate of drug-likeness (QED) is 0.757. The first kappa shape index (κ1) is 19.2. The van der Waals surface area contributed by atoms with E-state index < -0.39 is 41.9 Å². The second-order valence-corrected chi connectivity index (χ2v) is 6.68. The fraction of sp³-hybridized carbons (Fsp3) is 0.444. The molecule has 9 heteroatoms. The summed E-state index contributed by atoms with van der Waals surface area (Å²) < 4.78 is 27.2. The summed E-state index contributed by atoms with van der Waals surface area (Å²) >= 11 is 0. The Bertz CT molecular complexity index is 892. The highest BCUT2D eigenvalue weighted by molar-refractivity contribution is 5.82. The van der Waals surface area contributed by atoms with Crippen molar-refractivity contribution in [3.63, 3.8) is 0 Å². The zero-order chi connectivity index (χ0) is 19.8. The van der Waals surface area contributed by atoms with Crippen LogP contribution in [0.25, 0.3) is 11.0 Å². The Hall–Kier alpha value is -2.62. The molecular formula is C18H21NO8. The lowest BCUT2D eigenvalue weighted by molar-refractivity contribution is -0.304. The minimum absolute atomic E-state index is 0.193. The Kier molecular flexibility index (Phi) is 5.09. The van der Waals surface area contributed by atoms with Crippen molar-refractivity contribution in [2.45, 2.75) is 44.1 Å². The van der Waals surface area contributed by atoms with E-state index in [0.29, 0.717) is 5.39 Å². The number of benzene rings is 1. The minimum atomic E-state index is -1.40. The Morgan fingerprint density at radius 2 is 2.00 bits per heavy atom. The predicted molar refractivity (Wildman–Crippen MR) is 93.3 cm³/mol. The van der Waals surface area contributed by atoms with E-state index in [4.69, 9.17) is 29.1 Å². The summed E-state index contributed by atoms with van der Waals surface area (Å²) in [5, 5.41) is 11.3. The number of hydrogen-bond donors (Lipinski definition) is 2. The maximum absolute atomic E-state index is 11.6.